The van der Waals surface area contributed by atoms with Crippen LogP contribution in [0.15, 0.2) is 58.7 Å². The summed E-state index contributed by atoms with van der Waals surface area (Å²) in [5, 5.41) is 10.7. The topological polar surface area (TPSA) is 141 Å². The van der Waals surface area contributed by atoms with Crippen LogP contribution >= 0.6 is 0 Å². The Labute approximate surface area is 210 Å². The van der Waals surface area contributed by atoms with Crippen LogP contribution in [-0.4, -0.2) is 47.4 Å². The number of rotatable bonds is 6. The molecule has 0 bridgehead atoms. The second-order valence-corrected chi connectivity index (χ2v) is 7.34. The van der Waals surface area contributed by atoms with Crippen molar-refractivity contribution in [2.24, 2.45) is 10.2 Å². The van der Waals surface area contributed by atoms with E-state index in [1.807, 2.05) is 10.9 Å². The van der Waals surface area contributed by atoms with Crippen molar-refractivity contribution in [3.8, 4) is 0 Å². The summed E-state index contributed by atoms with van der Waals surface area (Å²) in [6.45, 7) is 2.74. The molecule has 2 aromatic carbocycles. The maximum atomic E-state index is 12.4. The third-order valence-corrected chi connectivity index (χ3v) is 4.45. The Bertz CT molecular complexity index is 1200. The molecule has 38 heavy (non-hydrogen) atoms. The minimum atomic E-state index is -5.09. The fourth-order valence-electron chi connectivity index (χ4n) is 2.55. The molecule has 2 rings (SSSR count). The Balaban J connectivity index is 2.00. The Morgan fingerprint density at radius 3 is 1.29 bits per heavy atom. The van der Waals surface area contributed by atoms with Crippen molar-refractivity contribution in [3.05, 3.63) is 59.7 Å². The van der Waals surface area contributed by atoms with Crippen LogP contribution in [-0.2, 0) is 19.2 Å². The van der Waals surface area contributed by atoms with E-state index >= 15 is 0 Å². The van der Waals surface area contributed by atoms with Gasteiger partial charge in [-0.3, -0.25) is 19.2 Å². The number of hydrazone groups is 2. The monoisotopic (exact) mass is 544 g/mol. The average Bonchev–Trinajstić information content (AvgIpc) is 2.84. The number of alkyl halides is 6. The number of halogens is 6. The van der Waals surface area contributed by atoms with Crippen LogP contribution < -0.4 is 21.5 Å². The molecule has 10 nitrogen and oxygen atoms in total. The zero-order valence-corrected chi connectivity index (χ0v) is 19.4. The first-order valence-electron chi connectivity index (χ1n) is 10.2. The van der Waals surface area contributed by atoms with Gasteiger partial charge in [-0.1, -0.05) is 24.3 Å². The lowest BCUT2D eigenvalue weighted by atomic mass is 10.1. The molecule has 0 aromatic heterocycles. The van der Waals surface area contributed by atoms with Gasteiger partial charge in [0.25, 0.3) is 0 Å². The number of hydrogen-bond acceptors (Lipinski definition) is 6. The minimum absolute atomic E-state index is 0.0756. The number of nitrogens with zero attached hydrogens (tertiary/aromatic N) is 2. The molecule has 0 spiro atoms. The van der Waals surface area contributed by atoms with E-state index < -0.39 is 36.0 Å². The van der Waals surface area contributed by atoms with E-state index in [2.05, 4.69) is 10.2 Å². The molecule has 0 fully saturated rings. The van der Waals surface area contributed by atoms with Gasteiger partial charge in [-0.25, -0.2) is 10.9 Å². The van der Waals surface area contributed by atoms with E-state index in [0.29, 0.717) is 0 Å². The summed E-state index contributed by atoms with van der Waals surface area (Å²) in [6, 6.07) is 10.2. The smallest absolute Gasteiger partial charge is 0.318 e. The second-order valence-electron chi connectivity index (χ2n) is 7.34. The highest BCUT2D eigenvalue weighted by Crippen LogP contribution is 2.20. The summed E-state index contributed by atoms with van der Waals surface area (Å²) < 4.78 is 74.4. The van der Waals surface area contributed by atoms with Crippen LogP contribution in [0.3, 0.4) is 0 Å². The first-order valence-corrected chi connectivity index (χ1v) is 10.2. The fourth-order valence-corrected chi connectivity index (χ4v) is 2.55. The minimum Gasteiger partial charge on any atom is -0.318 e. The number of carbonyl (C=O) groups is 4. The normalized spacial score (nSPS) is 12.4. The molecule has 0 radical (unpaired) electrons. The molecule has 16 heteroatoms. The number of amides is 4. The summed E-state index contributed by atoms with van der Waals surface area (Å²) in [4.78, 5) is 46.1. The molecule has 0 saturated heterocycles. The van der Waals surface area contributed by atoms with Crippen LogP contribution in [0.1, 0.15) is 25.0 Å². The van der Waals surface area contributed by atoms with Gasteiger partial charge < -0.3 is 10.6 Å². The second kappa shape index (κ2) is 12.0. The van der Waals surface area contributed by atoms with E-state index in [1.165, 1.54) is 50.2 Å². The van der Waals surface area contributed by atoms with E-state index in [4.69, 9.17) is 0 Å². The summed E-state index contributed by atoms with van der Waals surface area (Å²) >= 11 is 0. The van der Waals surface area contributed by atoms with Crippen LogP contribution in [0.2, 0.25) is 0 Å². The maximum Gasteiger partial charge on any atom is 0.471 e. The van der Waals surface area contributed by atoms with E-state index in [0.717, 1.165) is 12.1 Å². The molecule has 0 unspecified atom stereocenters. The maximum absolute atomic E-state index is 12.4. The number of carbonyl (C=O) groups excluding carboxylic acids is 4. The van der Waals surface area contributed by atoms with Crippen molar-refractivity contribution in [2.75, 3.05) is 10.6 Å². The zero-order valence-electron chi connectivity index (χ0n) is 19.4. The molecule has 2 aromatic rings. The molecule has 202 valence electrons. The Kier molecular flexibility index (Phi) is 9.29. The lowest BCUT2D eigenvalue weighted by Gasteiger charge is -2.09. The summed E-state index contributed by atoms with van der Waals surface area (Å²) in [5.74, 6) is -6.90. The number of anilines is 2. The first-order chi connectivity index (χ1) is 17.6. The number of benzene rings is 2. The average molecular weight is 544 g/mol. The molecule has 0 saturated carbocycles. The Hall–Kier alpha value is -4.76. The molecular formula is C22H18F6N6O4. The molecule has 4 amide bonds. The fraction of sp³-hybridized carbons (Fsp3) is 0.182. The predicted octanol–water partition coefficient (Wildman–Crippen LogP) is 3.07. The molecule has 0 aliphatic rings. The summed E-state index contributed by atoms with van der Waals surface area (Å²) in [6.07, 6.45) is -10.2. The largest absolute Gasteiger partial charge is 0.471 e. The van der Waals surface area contributed by atoms with Crippen molar-refractivity contribution in [2.45, 2.75) is 26.2 Å². The number of nitrogens with one attached hydrogen (secondary N) is 4. The molecule has 0 heterocycles. The Morgan fingerprint density at radius 1 is 0.632 bits per heavy atom. The molecule has 0 aliphatic carbocycles. The highest BCUT2D eigenvalue weighted by atomic mass is 19.4. The van der Waals surface area contributed by atoms with Gasteiger partial charge in [0.1, 0.15) is 0 Å². The van der Waals surface area contributed by atoms with Crippen molar-refractivity contribution >= 4 is 46.4 Å². The predicted molar refractivity (Wildman–Crippen MR) is 123 cm³/mol. The third-order valence-electron chi connectivity index (χ3n) is 4.45. The van der Waals surface area contributed by atoms with Gasteiger partial charge in [0.05, 0.1) is 11.4 Å². The van der Waals surface area contributed by atoms with Gasteiger partial charge in [-0.05, 0) is 49.2 Å². The van der Waals surface area contributed by atoms with E-state index in [1.54, 1.807) is 10.6 Å². The quantitative estimate of drug-likeness (QED) is 0.192. The van der Waals surface area contributed by atoms with Crippen LogP contribution in [0.4, 0.5) is 37.7 Å². The van der Waals surface area contributed by atoms with E-state index in [9.17, 15) is 45.5 Å². The van der Waals surface area contributed by atoms with Crippen molar-refractivity contribution in [1.82, 2.24) is 10.9 Å². The molecular weight excluding hydrogens is 526 g/mol. The van der Waals surface area contributed by atoms with Crippen molar-refractivity contribution in [1.29, 1.82) is 0 Å². The molecule has 0 aliphatic heterocycles. The first kappa shape index (κ1) is 29.5. The highest BCUT2D eigenvalue weighted by molar-refractivity contribution is 6.35. The summed E-state index contributed by atoms with van der Waals surface area (Å²) in [5.41, 5.74) is 4.06. The Morgan fingerprint density at radius 2 is 0.974 bits per heavy atom. The van der Waals surface area contributed by atoms with Crippen LogP contribution in [0, 0.1) is 0 Å². The lowest BCUT2D eigenvalue weighted by molar-refractivity contribution is -0.167. The van der Waals surface area contributed by atoms with Gasteiger partial charge >= 0.3 is 36.0 Å². The third kappa shape index (κ3) is 8.72. The van der Waals surface area contributed by atoms with Crippen molar-refractivity contribution < 1.29 is 45.5 Å². The molecule has 4 N–H and O–H groups in total. The number of hydrogen-bond donors (Lipinski definition) is 4. The van der Waals surface area contributed by atoms with Gasteiger partial charge in [0, 0.05) is 11.4 Å². The summed E-state index contributed by atoms with van der Waals surface area (Å²) in [7, 11) is 0. The van der Waals surface area contributed by atoms with E-state index in [-0.39, 0.29) is 33.9 Å². The van der Waals surface area contributed by atoms with Crippen molar-refractivity contribution in [3.63, 3.8) is 0 Å². The molecule has 0 atom stereocenters. The SMILES string of the molecule is C/C(=N\NC(=O)C(=O)N/N=C(\C)c1cccc(NC(=O)C(F)(F)F)c1)c1cccc(NC(=O)C(F)(F)F)c1. The van der Waals surface area contributed by atoms with Gasteiger partial charge in [0.15, 0.2) is 0 Å². The van der Waals surface area contributed by atoms with Crippen LogP contribution in [0.25, 0.3) is 0 Å². The lowest BCUT2D eigenvalue weighted by Crippen LogP contribution is -2.36. The zero-order chi connectivity index (χ0) is 28.7. The van der Waals surface area contributed by atoms with Gasteiger partial charge in [0.2, 0.25) is 0 Å². The van der Waals surface area contributed by atoms with Crippen LogP contribution in [0.5, 0.6) is 0 Å². The standard InChI is InChI=1S/C22H18F6N6O4/c1-11(13-5-3-7-15(9-13)29-19(37)21(23,24)25)31-33-17(35)18(36)34-32-12(2)14-6-4-8-16(10-14)30-20(38)22(26,27)28/h3-10H,1-2H3,(H,29,37)(H,30,38)(H,33,35)(H,34,36)/b31-11+,32-12+. The highest BCUT2D eigenvalue weighted by Gasteiger charge is 2.39. The van der Waals surface area contributed by atoms with Gasteiger partial charge in [-0.2, -0.15) is 36.5 Å². The van der Waals surface area contributed by atoms with Gasteiger partial charge in [-0.15, -0.1) is 0 Å².